The molecule has 4 nitrogen and oxygen atoms in total. The van der Waals surface area contributed by atoms with E-state index in [9.17, 15) is 4.39 Å². The molecule has 0 spiro atoms. The first-order valence-electron chi connectivity index (χ1n) is 7.39. The standard InChI is InChI=1S/C18H17FN2O2/c1-12(10-13-6-5-7-14(19)11-13)18-20-17(21-23-18)15-8-3-4-9-16(15)22-2/h3-9,11-12H,10H2,1-2H3/t12-/m0/s1. The fraction of sp³-hybridized carbons (Fsp3) is 0.222. The molecule has 0 aliphatic heterocycles. The van der Waals surface area contributed by atoms with E-state index in [4.69, 9.17) is 9.26 Å². The third-order valence-electron chi connectivity index (χ3n) is 3.64. The zero-order valence-corrected chi connectivity index (χ0v) is 13.0. The lowest BCUT2D eigenvalue weighted by molar-refractivity contribution is 0.358. The fourth-order valence-electron chi connectivity index (χ4n) is 2.48. The Balaban J connectivity index is 1.81. The van der Waals surface area contributed by atoms with Gasteiger partial charge in [0, 0.05) is 5.92 Å². The number of halogens is 1. The van der Waals surface area contributed by atoms with Crippen molar-refractivity contribution in [2.75, 3.05) is 7.11 Å². The van der Waals surface area contributed by atoms with Gasteiger partial charge >= 0.3 is 0 Å². The van der Waals surface area contributed by atoms with E-state index in [1.165, 1.54) is 12.1 Å². The van der Waals surface area contributed by atoms with Crippen LogP contribution in [0.4, 0.5) is 4.39 Å². The van der Waals surface area contributed by atoms with Crippen LogP contribution in [0.5, 0.6) is 5.75 Å². The largest absolute Gasteiger partial charge is 0.496 e. The van der Waals surface area contributed by atoms with E-state index >= 15 is 0 Å². The van der Waals surface area contributed by atoms with Gasteiger partial charge in [-0.3, -0.25) is 0 Å². The molecular formula is C18H17FN2O2. The minimum atomic E-state index is -0.241. The van der Waals surface area contributed by atoms with Gasteiger partial charge < -0.3 is 9.26 Å². The maximum atomic E-state index is 13.3. The first-order valence-corrected chi connectivity index (χ1v) is 7.39. The third-order valence-corrected chi connectivity index (χ3v) is 3.64. The van der Waals surface area contributed by atoms with Gasteiger partial charge in [0.25, 0.3) is 0 Å². The van der Waals surface area contributed by atoms with Crippen molar-refractivity contribution in [2.24, 2.45) is 0 Å². The summed E-state index contributed by atoms with van der Waals surface area (Å²) >= 11 is 0. The predicted molar refractivity (Wildman–Crippen MR) is 84.8 cm³/mol. The monoisotopic (exact) mass is 312 g/mol. The van der Waals surface area contributed by atoms with E-state index in [2.05, 4.69) is 10.1 Å². The molecule has 2 aromatic carbocycles. The predicted octanol–water partition coefficient (Wildman–Crippen LogP) is 4.23. The van der Waals surface area contributed by atoms with Crippen molar-refractivity contribution >= 4 is 0 Å². The van der Waals surface area contributed by atoms with E-state index in [-0.39, 0.29) is 11.7 Å². The number of para-hydroxylation sites is 1. The Hall–Kier alpha value is -2.69. The molecule has 1 heterocycles. The van der Waals surface area contributed by atoms with Crippen molar-refractivity contribution in [1.29, 1.82) is 0 Å². The number of ether oxygens (including phenoxy) is 1. The van der Waals surface area contributed by atoms with Crippen LogP contribution in [0.25, 0.3) is 11.4 Å². The molecule has 0 aliphatic rings. The molecule has 0 N–H and O–H groups in total. The molecule has 0 saturated heterocycles. The summed E-state index contributed by atoms with van der Waals surface area (Å²) in [5.74, 6) is 1.46. The Kier molecular flexibility index (Phi) is 4.37. The van der Waals surface area contributed by atoms with Crippen molar-refractivity contribution < 1.29 is 13.7 Å². The summed E-state index contributed by atoms with van der Waals surface area (Å²) < 4.78 is 24.0. The molecule has 0 bridgehead atoms. The summed E-state index contributed by atoms with van der Waals surface area (Å²) in [6.07, 6.45) is 0.630. The van der Waals surface area contributed by atoms with Crippen LogP contribution in [0.2, 0.25) is 0 Å². The molecule has 0 aliphatic carbocycles. The zero-order chi connectivity index (χ0) is 16.2. The highest BCUT2D eigenvalue weighted by Gasteiger charge is 2.17. The molecule has 3 rings (SSSR count). The van der Waals surface area contributed by atoms with Crippen LogP contribution < -0.4 is 4.74 Å². The van der Waals surface area contributed by atoms with Crippen molar-refractivity contribution in [1.82, 2.24) is 10.1 Å². The highest BCUT2D eigenvalue weighted by atomic mass is 19.1. The minimum Gasteiger partial charge on any atom is -0.496 e. The van der Waals surface area contributed by atoms with Gasteiger partial charge in [0.15, 0.2) is 0 Å². The van der Waals surface area contributed by atoms with Crippen LogP contribution in [0.15, 0.2) is 53.1 Å². The molecular weight excluding hydrogens is 295 g/mol. The lowest BCUT2D eigenvalue weighted by atomic mass is 10.0. The van der Waals surface area contributed by atoms with Gasteiger partial charge in [-0.15, -0.1) is 0 Å². The molecule has 0 amide bonds. The highest BCUT2D eigenvalue weighted by molar-refractivity contribution is 5.63. The molecule has 5 heteroatoms. The maximum Gasteiger partial charge on any atom is 0.230 e. The Bertz CT molecular complexity index is 801. The average Bonchev–Trinajstić information content (AvgIpc) is 3.05. The van der Waals surface area contributed by atoms with Gasteiger partial charge in [-0.05, 0) is 36.2 Å². The van der Waals surface area contributed by atoms with Crippen LogP contribution in [-0.2, 0) is 6.42 Å². The van der Waals surface area contributed by atoms with E-state index in [1.54, 1.807) is 13.2 Å². The molecule has 0 unspecified atom stereocenters. The van der Waals surface area contributed by atoms with E-state index < -0.39 is 0 Å². The normalized spacial score (nSPS) is 12.1. The number of hydrogen-bond donors (Lipinski definition) is 0. The van der Waals surface area contributed by atoms with Gasteiger partial charge in [0.05, 0.1) is 12.7 Å². The number of hydrogen-bond acceptors (Lipinski definition) is 4. The first kappa shape index (κ1) is 15.2. The molecule has 1 aromatic heterocycles. The molecule has 3 aromatic rings. The van der Waals surface area contributed by atoms with E-state index in [0.717, 1.165) is 11.1 Å². The van der Waals surface area contributed by atoms with E-state index in [0.29, 0.717) is 23.9 Å². The van der Waals surface area contributed by atoms with Crippen molar-refractivity contribution in [3.63, 3.8) is 0 Å². The third kappa shape index (κ3) is 3.39. The molecule has 1 atom stereocenters. The van der Waals surface area contributed by atoms with Gasteiger partial charge in [-0.25, -0.2) is 4.39 Å². The Morgan fingerprint density at radius 3 is 2.78 bits per heavy atom. The Morgan fingerprint density at radius 1 is 1.17 bits per heavy atom. The lowest BCUT2D eigenvalue weighted by Gasteiger charge is -2.06. The summed E-state index contributed by atoms with van der Waals surface area (Å²) in [5, 5.41) is 4.04. The van der Waals surface area contributed by atoms with Crippen LogP contribution in [0.3, 0.4) is 0 Å². The summed E-state index contributed by atoms with van der Waals surface area (Å²) in [6.45, 7) is 1.98. The number of benzene rings is 2. The van der Waals surface area contributed by atoms with Gasteiger partial charge in [-0.2, -0.15) is 4.98 Å². The van der Waals surface area contributed by atoms with Gasteiger partial charge in [0.2, 0.25) is 11.7 Å². The Morgan fingerprint density at radius 2 is 2.00 bits per heavy atom. The smallest absolute Gasteiger partial charge is 0.230 e. The van der Waals surface area contributed by atoms with Crippen LogP contribution in [-0.4, -0.2) is 17.3 Å². The van der Waals surface area contributed by atoms with E-state index in [1.807, 2.05) is 37.3 Å². The summed E-state index contributed by atoms with van der Waals surface area (Å²) in [4.78, 5) is 4.46. The average molecular weight is 312 g/mol. The van der Waals surface area contributed by atoms with Crippen LogP contribution in [0.1, 0.15) is 24.3 Å². The molecule has 0 fully saturated rings. The fourth-order valence-corrected chi connectivity index (χ4v) is 2.48. The summed E-state index contributed by atoms with van der Waals surface area (Å²) in [7, 11) is 1.60. The molecule has 118 valence electrons. The number of aromatic nitrogens is 2. The number of nitrogens with zero attached hydrogens (tertiary/aromatic N) is 2. The topological polar surface area (TPSA) is 48.2 Å². The summed E-state index contributed by atoms with van der Waals surface area (Å²) in [5.41, 5.74) is 1.68. The van der Waals surface area contributed by atoms with Crippen LogP contribution in [0, 0.1) is 5.82 Å². The number of rotatable bonds is 5. The van der Waals surface area contributed by atoms with Crippen molar-refractivity contribution in [3.05, 3.63) is 65.8 Å². The lowest BCUT2D eigenvalue weighted by Crippen LogP contribution is -1.99. The minimum absolute atomic E-state index is 0.00671. The van der Waals surface area contributed by atoms with Gasteiger partial charge in [0.1, 0.15) is 11.6 Å². The second-order valence-corrected chi connectivity index (χ2v) is 5.39. The van der Waals surface area contributed by atoms with Crippen molar-refractivity contribution in [3.8, 4) is 17.1 Å². The molecule has 0 saturated carbocycles. The van der Waals surface area contributed by atoms with Crippen LogP contribution >= 0.6 is 0 Å². The molecule has 23 heavy (non-hydrogen) atoms. The summed E-state index contributed by atoms with van der Waals surface area (Å²) in [6, 6.07) is 14.0. The van der Waals surface area contributed by atoms with Gasteiger partial charge in [-0.1, -0.05) is 36.3 Å². The maximum absolute atomic E-state index is 13.3. The first-order chi connectivity index (χ1) is 11.2. The van der Waals surface area contributed by atoms with Crippen molar-refractivity contribution in [2.45, 2.75) is 19.3 Å². The molecule has 0 radical (unpaired) electrons. The SMILES string of the molecule is COc1ccccc1-c1noc([C@@H](C)Cc2cccc(F)c2)n1. The quantitative estimate of drug-likeness (QED) is 0.707. The zero-order valence-electron chi connectivity index (χ0n) is 13.0. The highest BCUT2D eigenvalue weighted by Crippen LogP contribution is 2.29. The second kappa shape index (κ2) is 6.60. The number of methoxy groups -OCH3 is 1. The Labute approximate surface area is 133 Å². The second-order valence-electron chi connectivity index (χ2n) is 5.39.